The number of carboxylic acids is 1. The van der Waals surface area contributed by atoms with Gasteiger partial charge >= 0.3 is 5.97 Å². The molecule has 2 aliphatic rings. The van der Waals surface area contributed by atoms with Gasteiger partial charge in [-0.05, 0) is 17.2 Å². The summed E-state index contributed by atoms with van der Waals surface area (Å²) in [4.78, 5) is 25.9. The first kappa shape index (κ1) is 15.8. The van der Waals surface area contributed by atoms with Gasteiger partial charge in [-0.25, -0.2) is 0 Å². The van der Waals surface area contributed by atoms with E-state index in [9.17, 15) is 14.7 Å². The topological polar surface area (TPSA) is 87.5 Å². The molecule has 2 saturated heterocycles. The van der Waals surface area contributed by atoms with E-state index in [1.54, 1.807) is 6.20 Å². The highest BCUT2D eigenvalue weighted by molar-refractivity contribution is 5.92. The third kappa shape index (κ3) is 2.70. The SMILES string of the molecule is O=C1NC[C@]2(C(=O)O)CN(Cc3ccccc3Cn3cccn3)C[C@H]12. The van der Waals surface area contributed by atoms with E-state index in [0.29, 0.717) is 26.2 Å². The molecule has 0 aliphatic carbocycles. The predicted molar refractivity (Wildman–Crippen MR) is 89.6 cm³/mol. The molecule has 2 aliphatic heterocycles. The normalized spacial score (nSPS) is 25.8. The number of benzene rings is 1. The maximum Gasteiger partial charge on any atom is 0.313 e. The number of amides is 1. The van der Waals surface area contributed by atoms with Crippen molar-refractivity contribution in [1.82, 2.24) is 20.0 Å². The molecule has 0 saturated carbocycles. The summed E-state index contributed by atoms with van der Waals surface area (Å²) >= 11 is 0. The number of carbonyl (C=O) groups excluding carboxylic acids is 1. The van der Waals surface area contributed by atoms with Crippen LogP contribution >= 0.6 is 0 Å². The second kappa shape index (κ2) is 6.00. The lowest BCUT2D eigenvalue weighted by Crippen LogP contribution is -2.40. The average molecular weight is 340 g/mol. The summed E-state index contributed by atoms with van der Waals surface area (Å²) < 4.78 is 1.86. The number of aliphatic carboxylic acids is 1. The fraction of sp³-hybridized carbons (Fsp3) is 0.389. The predicted octanol–water partition coefficient (Wildman–Crippen LogP) is 0.564. The third-order valence-electron chi connectivity index (χ3n) is 5.34. The van der Waals surface area contributed by atoms with E-state index < -0.39 is 17.3 Å². The van der Waals surface area contributed by atoms with E-state index in [2.05, 4.69) is 27.4 Å². The van der Waals surface area contributed by atoms with Crippen LogP contribution in [0.3, 0.4) is 0 Å². The molecule has 130 valence electrons. The zero-order chi connectivity index (χ0) is 17.4. The number of nitrogens with one attached hydrogen (secondary N) is 1. The van der Waals surface area contributed by atoms with Crippen molar-refractivity contribution < 1.29 is 14.7 Å². The van der Waals surface area contributed by atoms with Crippen LogP contribution in [0.1, 0.15) is 11.1 Å². The fourth-order valence-corrected chi connectivity index (χ4v) is 3.98. The molecule has 4 rings (SSSR count). The molecule has 0 spiro atoms. The summed E-state index contributed by atoms with van der Waals surface area (Å²) in [6.45, 7) is 2.40. The lowest BCUT2D eigenvalue weighted by atomic mass is 9.81. The highest BCUT2D eigenvalue weighted by atomic mass is 16.4. The van der Waals surface area contributed by atoms with E-state index in [1.165, 1.54) is 0 Å². The standard InChI is InChI=1S/C18H20N4O3/c23-16-15-10-21(12-18(15,11-19-16)17(24)25)8-13-4-1-2-5-14(13)9-22-7-3-6-20-22/h1-7,15H,8-12H2,(H,19,23)(H,24,25)/t15-,18+/m1/s1. The molecular formula is C18H20N4O3. The molecular weight excluding hydrogens is 320 g/mol. The van der Waals surface area contributed by atoms with Crippen molar-refractivity contribution in [3.63, 3.8) is 0 Å². The van der Waals surface area contributed by atoms with Crippen LogP contribution in [0.25, 0.3) is 0 Å². The summed E-state index contributed by atoms with van der Waals surface area (Å²) in [6.07, 6.45) is 3.67. The molecule has 7 nitrogen and oxygen atoms in total. The van der Waals surface area contributed by atoms with Gasteiger partial charge in [-0.2, -0.15) is 5.10 Å². The minimum Gasteiger partial charge on any atom is -0.481 e. The zero-order valence-corrected chi connectivity index (χ0v) is 13.8. The van der Waals surface area contributed by atoms with Crippen molar-refractivity contribution >= 4 is 11.9 Å². The van der Waals surface area contributed by atoms with Gasteiger partial charge in [0.2, 0.25) is 5.91 Å². The maximum absolute atomic E-state index is 12.0. The Morgan fingerprint density at radius 3 is 2.68 bits per heavy atom. The van der Waals surface area contributed by atoms with Gasteiger partial charge in [-0.15, -0.1) is 0 Å². The van der Waals surface area contributed by atoms with Crippen molar-refractivity contribution in [2.24, 2.45) is 11.3 Å². The van der Waals surface area contributed by atoms with Crippen molar-refractivity contribution in [3.05, 3.63) is 53.9 Å². The first-order valence-electron chi connectivity index (χ1n) is 8.36. The van der Waals surface area contributed by atoms with Crippen LogP contribution in [0.15, 0.2) is 42.7 Å². The average Bonchev–Trinajstić information content (AvgIpc) is 3.28. The number of hydrogen-bond acceptors (Lipinski definition) is 4. The number of likely N-dealkylation sites (tertiary alicyclic amines) is 1. The Kier molecular flexibility index (Phi) is 3.80. The van der Waals surface area contributed by atoms with Crippen molar-refractivity contribution in [2.75, 3.05) is 19.6 Å². The number of carbonyl (C=O) groups is 2. The summed E-state index contributed by atoms with van der Waals surface area (Å²) in [5.41, 5.74) is 1.30. The molecule has 7 heteroatoms. The Morgan fingerprint density at radius 1 is 1.28 bits per heavy atom. The quantitative estimate of drug-likeness (QED) is 0.831. The number of nitrogens with zero attached hydrogens (tertiary/aromatic N) is 3. The monoisotopic (exact) mass is 340 g/mol. The highest BCUT2D eigenvalue weighted by Crippen LogP contribution is 2.40. The van der Waals surface area contributed by atoms with Crippen molar-refractivity contribution in [2.45, 2.75) is 13.1 Å². The van der Waals surface area contributed by atoms with E-state index in [4.69, 9.17) is 0 Å². The smallest absolute Gasteiger partial charge is 0.313 e. The zero-order valence-electron chi connectivity index (χ0n) is 13.8. The Bertz CT molecular complexity index is 804. The summed E-state index contributed by atoms with van der Waals surface area (Å²) in [5, 5.41) is 16.6. The summed E-state index contributed by atoms with van der Waals surface area (Å²) in [7, 11) is 0. The van der Waals surface area contributed by atoms with Gasteiger partial charge in [0, 0.05) is 38.6 Å². The molecule has 2 atom stereocenters. The van der Waals surface area contributed by atoms with Gasteiger partial charge in [0.05, 0.1) is 12.5 Å². The molecule has 0 unspecified atom stereocenters. The Morgan fingerprint density at radius 2 is 2.04 bits per heavy atom. The first-order valence-corrected chi connectivity index (χ1v) is 8.36. The molecule has 1 aromatic heterocycles. The molecule has 0 radical (unpaired) electrons. The Labute approximate surface area is 145 Å². The summed E-state index contributed by atoms with van der Waals surface area (Å²) in [6, 6.07) is 9.99. The third-order valence-corrected chi connectivity index (χ3v) is 5.34. The van der Waals surface area contributed by atoms with Gasteiger partial charge < -0.3 is 10.4 Å². The molecule has 2 N–H and O–H groups in total. The first-order chi connectivity index (χ1) is 12.1. The second-order valence-corrected chi connectivity index (χ2v) is 6.87. The number of aromatic nitrogens is 2. The minimum atomic E-state index is -0.992. The largest absolute Gasteiger partial charge is 0.481 e. The van der Waals surface area contributed by atoms with Gasteiger partial charge in [-0.1, -0.05) is 24.3 Å². The summed E-state index contributed by atoms with van der Waals surface area (Å²) in [5.74, 6) is -1.50. The molecule has 25 heavy (non-hydrogen) atoms. The van der Waals surface area contributed by atoms with Gasteiger partial charge in [0.1, 0.15) is 5.41 Å². The molecule has 1 aromatic carbocycles. The fourth-order valence-electron chi connectivity index (χ4n) is 3.98. The molecule has 2 fully saturated rings. The second-order valence-electron chi connectivity index (χ2n) is 6.87. The number of fused-ring (bicyclic) bond motifs is 1. The van der Waals surface area contributed by atoms with Crippen LogP contribution in [0.2, 0.25) is 0 Å². The van der Waals surface area contributed by atoms with E-state index in [1.807, 2.05) is 29.1 Å². The van der Waals surface area contributed by atoms with E-state index >= 15 is 0 Å². The highest BCUT2D eigenvalue weighted by Gasteiger charge is 2.59. The van der Waals surface area contributed by atoms with Crippen LogP contribution in [-0.2, 0) is 22.7 Å². The minimum absolute atomic E-state index is 0.144. The van der Waals surface area contributed by atoms with E-state index in [0.717, 1.165) is 11.1 Å². The lowest BCUT2D eigenvalue weighted by molar-refractivity contribution is -0.149. The lowest BCUT2D eigenvalue weighted by Gasteiger charge is -2.22. The molecule has 2 aromatic rings. The van der Waals surface area contributed by atoms with Gasteiger partial charge in [0.15, 0.2) is 0 Å². The molecule has 1 amide bonds. The Hall–Kier alpha value is -2.67. The Balaban J connectivity index is 1.54. The van der Waals surface area contributed by atoms with Crippen LogP contribution in [0, 0.1) is 11.3 Å². The number of hydrogen-bond donors (Lipinski definition) is 2. The number of rotatable bonds is 5. The van der Waals surface area contributed by atoms with Gasteiger partial charge in [-0.3, -0.25) is 19.2 Å². The van der Waals surface area contributed by atoms with Crippen LogP contribution in [0.5, 0.6) is 0 Å². The van der Waals surface area contributed by atoms with Crippen LogP contribution in [-0.4, -0.2) is 51.3 Å². The van der Waals surface area contributed by atoms with Gasteiger partial charge in [0.25, 0.3) is 0 Å². The van der Waals surface area contributed by atoms with Crippen molar-refractivity contribution in [3.8, 4) is 0 Å². The van der Waals surface area contributed by atoms with E-state index in [-0.39, 0.29) is 12.5 Å². The molecule has 3 heterocycles. The number of carboxylic acid groups (broad SMARTS) is 1. The molecule has 0 bridgehead atoms. The van der Waals surface area contributed by atoms with Crippen LogP contribution in [0.4, 0.5) is 0 Å². The maximum atomic E-state index is 12.0. The van der Waals surface area contributed by atoms with Crippen LogP contribution < -0.4 is 5.32 Å². The van der Waals surface area contributed by atoms with Crippen molar-refractivity contribution in [1.29, 1.82) is 0 Å².